The average Bonchev–Trinajstić information content (AvgIpc) is 3.16. The van der Waals surface area contributed by atoms with Gasteiger partial charge in [-0.15, -0.1) is 0 Å². The van der Waals surface area contributed by atoms with Crippen LogP contribution in [0.15, 0.2) is 36.5 Å². The highest BCUT2D eigenvalue weighted by Gasteiger charge is 2.57. The van der Waals surface area contributed by atoms with E-state index in [2.05, 4.69) is 13.5 Å². The number of esters is 4. The lowest BCUT2D eigenvalue weighted by Gasteiger charge is -2.51. The maximum Gasteiger partial charge on any atom is 0.330 e. The van der Waals surface area contributed by atoms with E-state index in [1.54, 1.807) is 26.0 Å². The number of rotatable bonds is 13. The third kappa shape index (κ3) is 14.2. The lowest BCUT2D eigenvalue weighted by molar-refractivity contribution is -0.327. The lowest BCUT2D eigenvalue weighted by atomic mass is 9.74. The van der Waals surface area contributed by atoms with Gasteiger partial charge in [-0.2, -0.15) is 0 Å². The Morgan fingerprint density at radius 2 is 1.66 bits per heavy atom. The van der Waals surface area contributed by atoms with Crippen LogP contribution in [0.4, 0.5) is 0 Å². The van der Waals surface area contributed by atoms with Crippen molar-refractivity contribution in [2.75, 3.05) is 20.3 Å². The molecule has 328 valence electrons. The van der Waals surface area contributed by atoms with Crippen LogP contribution < -0.4 is 0 Å². The number of aliphatic hydroxyl groups excluding tert-OH is 2. The molecule has 0 saturated carbocycles. The van der Waals surface area contributed by atoms with E-state index < -0.39 is 84.6 Å². The Morgan fingerprint density at radius 1 is 0.931 bits per heavy atom. The van der Waals surface area contributed by atoms with Gasteiger partial charge in [0.05, 0.1) is 63.2 Å². The number of carbonyl (C=O) groups excluding carboxylic acids is 4. The molecule has 0 spiro atoms. The Morgan fingerprint density at radius 3 is 2.36 bits per heavy atom. The Bertz CT molecular complexity index is 1430. The molecule has 15 heteroatoms. The summed E-state index contributed by atoms with van der Waals surface area (Å²) in [6, 6.07) is 0. The fourth-order valence-electron chi connectivity index (χ4n) is 8.08. The van der Waals surface area contributed by atoms with Crippen LogP contribution in [0.1, 0.15) is 124 Å². The van der Waals surface area contributed by atoms with Gasteiger partial charge in [0.15, 0.2) is 12.4 Å². The number of methoxy groups -OCH3 is 1. The fourth-order valence-corrected chi connectivity index (χ4v) is 8.08. The first-order valence-electron chi connectivity index (χ1n) is 21.0. The summed E-state index contributed by atoms with van der Waals surface area (Å²) in [5.74, 6) is -4.90. The minimum Gasteiger partial charge on any atom is -0.466 e. The molecule has 0 aliphatic carbocycles. The van der Waals surface area contributed by atoms with Gasteiger partial charge in [-0.25, -0.2) is 4.79 Å². The van der Waals surface area contributed by atoms with Crippen molar-refractivity contribution in [1.82, 2.24) is 0 Å². The van der Waals surface area contributed by atoms with Crippen LogP contribution in [0, 0.1) is 5.41 Å². The van der Waals surface area contributed by atoms with Gasteiger partial charge < -0.3 is 53.2 Å². The molecule has 6 bridgehead atoms. The maximum atomic E-state index is 13.4. The molecular weight excluding hydrogens is 756 g/mol. The van der Waals surface area contributed by atoms with Gasteiger partial charge in [-0.05, 0) is 43.8 Å². The second kappa shape index (κ2) is 23.0. The smallest absolute Gasteiger partial charge is 0.330 e. The fraction of sp³-hybridized carbons (Fsp3) is 0.767. The van der Waals surface area contributed by atoms with E-state index in [4.69, 9.17) is 37.9 Å². The van der Waals surface area contributed by atoms with E-state index in [1.807, 2.05) is 0 Å². The molecule has 0 aromatic carbocycles. The van der Waals surface area contributed by atoms with Gasteiger partial charge in [0.1, 0.15) is 12.7 Å². The summed E-state index contributed by atoms with van der Waals surface area (Å²) in [4.78, 5) is 52.0. The van der Waals surface area contributed by atoms with Gasteiger partial charge in [-0.1, -0.05) is 65.2 Å². The van der Waals surface area contributed by atoms with Gasteiger partial charge in [0, 0.05) is 43.6 Å². The minimum atomic E-state index is -2.35. The zero-order chi connectivity index (χ0) is 42.3. The van der Waals surface area contributed by atoms with Crippen LogP contribution >= 0.6 is 0 Å². The Balaban J connectivity index is 1.74. The molecular formula is C43H66O15. The summed E-state index contributed by atoms with van der Waals surface area (Å²) >= 11 is 0. The molecule has 0 amide bonds. The number of cyclic esters (lactones) is 1. The van der Waals surface area contributed by atoms with E-state index in [-0.39, 0.29) is 62.9 Å². The number of hydrogen-bond acceptors (Lipinski definition) is 15. The van der Waals surface area contributed by atoms with Crippen molar-refractivity contribution >= 4 is 23.9 Å². The Kier molecular flexibility index (Phi) is 18.8. The largest absolute Gasteiger partial charge is 0.466 e. The molecule has 58 heavy (non-hydrogen) atoms. The van der Waals surface area contributed by atoms with E-state index >= 15 is 0 Å². The van der Waals surface area contributed by atoms with Gasteiger partial charge in [0.2, 0.25) is 5.79 Å². The molecule has 3 unspecified atom stereocenters. The first kappa shape index (κ1) is 47.5. The quantitative estimate of drug-likeness (QED) is 0.0750. The van der Waals surface area contributed by atoms with Crippen molar-refractivity contribution in [1.29, 1.82) is 0 Å². The van der Waals surface area contributed by atoms with Crippen molar-refractivity contribution in [2.24, 2.45) is 5.41 Å². The van der Waals surface area contributed by atoms with E-state index in [9.17, 15) is 34.5 Å². The van der Waals surface area contributed by atoms with E-state index in [0.717, 1.165) is 44.6 Å². The predicted octanol–water partition coefficient (Wildman–Crippen LogP) is 4.81. The average molecular weight is 823 g/mol. The molecule has 3 N–H and O–H groups in total. The van der Waals surface area contributed by atoms with Crippen LogP contribution in [-0.2, 0) is 57.1 Å². The Hall–Kier alpha value is -3.18. The highest BCUT2D eigenvalue weighted by atomic mass is 16.7. The second-order valence-corrected chi connectivity index (χ2v) is 16.5. The normalized spacial score (nSPS) is 34.5. The Labute approximate surface area is 342 Å². The molecule has 10 atom stereocenters. The third-order valence-corrected chi connectivity index (χ3v) is 11.2. The van der Waals surface area contributed by atoms with Gasteiger partial charge >= 0.3 is 23.9 Å². The molecule has 0 aromatic heterocycles. The van der Waals surface area contributed by atoms with Crippen molar-refractivity contribution in [3.8, 4) is 0 Å². The zero-order valence-corrected chi connectivity index (χ0v) is 34.7. The standard InChI is InChI=1S/C43H66O15/c1-6-8-9-10-11-15-36(46)57-41-28(20-37(47)51-5)19-34-25-35(27-44)54-39(49)22-29(45)21-30-13-12-14-31(53-30)23-32-24-33(26-38(48)52-18-7-2)56-40(55-32)16-17-42(3,4)43(41,50)58-34/h7,16-17,20,29-35,40-41,44-45,50H,2,6,8-15,18-19,21-27H2,1,3-5H3/b17-16+,28-20+/t29-,30?,31?,32?,33-,34+,35-,40-,41+,43-/m1/s1. The highest BCUT2D eigenvalue weighted by Crippen LogP contribution is 2.47. The molecule has 4 rings (SSSR count). The number of ether oxygens (including phenoxy) is 8. The summed E-state index contributed by atoms with van der Waals surface area (Å²) in [6.07, 6.45) is 5.95. The summed E-state index contributed by atoms with van der Waals surface area (Å²) in [6.45, 7) is 8.47. The first-order chi connectivity index (χ1) is 27.7. The topological polar surface area (TPSA) is 203 Å². The van der Waals surface area contributed by atoms with E-state index in [0.29, 0.717) is 25.7 Å². The van der Waals surface area contributed by atoms with Crippen molar-refractivity contribution in [3.63, 3.8) is 0 Å². The monoisotopic (exact) mass is 822 g/mol. The van der Waals surface area contributed by atoms with Crippen LogP contribution in [0.25, 0.3) is 0 Å². The number of carbonyl (C=O) groups is 4. The number of aliphatic hydroxyl groups is 3. The SMILES string of the molecule is C=CCOC(=O)C[C@H]1CC2CC3CCCC(C[C@@H](O)CC(=O)O[C@@H](CO)C[C@@H]4C/C(=C\C(=O)OC)[C@H](OC(=O)CCCCCCC)[C@@](O)(O4)C(C)(C)/C=C/[C@H](O2)O1)O3. The van der Waals surface area contributed by atoms with Crippen molar-refractivity contribution in [3.05, 3.63) is 36.5 Å². The summed E-state index contributed by atoms with van der Waals surface area (Å²) in [5, 5.41) is 34.0. The highest BCUT2D eigenvalue weighted by molar-refractivity contribution is 5.83. The zero-order valence-electron chi connectivity index (χ0n) is 34.7. The number of unbranched alkanes of at least 4 members (excludes halogenated alkanes) is 4. The molecule has 4 aliphatic rings. The first-order valence-corrected chi connectivity index (χ1v) is 21.0. The lowest BCUT2D eigenvalue weighted by Crippen LogP contribution is -2.62. The maximum absolute atomic E-state index is 13.4. The molecule has 3 saturated heterocycles. The molecule has 0 radical (unpaired) electrons. The minimum absolute atomic E-state index is 0.0449. The van der Waals surface area contributed by atoms with Crippen LogP contribution in [0.2, 0.25) is 0 Å². The predicted molar refractivity (Wildman–Crippen MR) is 209 cm³/mol. The number of fused-ring (bicyclic) bond motifs is 6. The molecule has 3 fully saturated rings. The molecule has 15 nitrogen and oxygen atoms in total. The molecule has 4 heterocycles. The third-order valence-electron chi connectivity index (χ3n) is 11.2. The van der Waals surface area contributed by atoms with Gasteiger partial charge in [-0.3, -0.25) is 14.4 Å². The molecule has 4 aliphatic heterocycles. The van der Waals surface area contributed by atoms with Crippen molar-refractivity contribution < 1.29 is 72.4 Å². The summed E-state index contributed by atoms with van der Waals surface area (Å²) in [7, 11) is 1.20. The molecule has 0 aromatic rings. The van der Waals surface area contributed by atoms with Gasteiger partial charge in [0.25, 0.3) is 0 Å². The van der Waals surface area contributed by atoms with Crippen molar-refractivity contribution in [2.45, 2.75) is 184 Å². The number of hydrogen-bond donors (Lipinski definition) is 3. The van der Waals surface area contributed by atoms with Crippen LogP contribution in [0.3, 0.4) is 0 Å². The second-order valence-electron chi connectivity index (χ2n) is 16.5. The van der Waals surface area contributed by atoms with E-state index in [1.165, 1.54) is 13.2 Å². The summed E-state index contributed by atoms with van der Waals surface area (Å²) < 4.78 is 47.3. The summed E-state index contributed by atoms with van der Waals surface area (Å²) in [5.41, 5.74) is -1.22. The van der Waals surface area contributed by atoms with Crippen LogP contribution in [0.5, 0.6) is 0 Å². The van der Waals surface area contributed by atoms with Crippen LogP contribution in [-0.4, -0.2) is 120 Å².